The Labute approximate surface area is 494 Å². The molecule has 0 saturated carbocycles. The van der Waals surface area contributed by atoms with Crippen molar-refractivity contribution in [1.82, 2.24) is 0 Å². The van der Waals surface area contributed by atoms with Crippen LogP contribution in [0.5, 0.6) is 11.5 Å². The number of fused-ring (bicyclic) bond motifs is 1. The molecule has 1 heterocycles. The van der Waals surface area contributed by atoms with Gasteiger partial charge in [0.1, 0.15) is 31.1 Å². The van der Waals surface area contributed by atoms with Gasteiger partial charge in [0.2, 0.25) is 0 Å². The molecule has 468 valence electrons. The van der Waals surface area contributed by atoms with E-state index in [2.05, 4.69) is 13.8 Å². The van der Waals surface area contributed by atoms with Crippen molar-refractivity contribution in [2.75, 3.05) is 34.0 Å². The monoisotopic (exact) mass is 1150 g/mol. The molecule has 0 spiro atoms. The molecular weight excluding hydrogens is 1040 g/mol. The SMILES string of the molecule is CCCCCCCCCCCCCCCC(=O)OCC(COC(=O)CCCCCCCCCCCCCCC)OC(=O)CC(C)CCCC(=O)OCCCC(C)C(=O)Oc1c(C/C=C(\C)CCC(=O)OC)c(OC)c(C)c2c1C(=O)OC2. The van der Waals surface area contributed by atoms with Gasteiger partial charge in [-0.1, -0.05) is 193 Å². The molecule has 0 amide bonds. The first-order valence-corrected chi connectivity index (χ1v) is 32.1. The molecule has 82 heavy (non-hydrogen) atoms. The van der Waals surface area contributed by atoms with Crippen LogP contribution in [0.1, 0.15) is 293 Å². The lowest BCUT2D eigenvalue weighted by Gasteiger charge is -2.20. The fourth-order valence-corrected chi connectivity index (χ4v) is 10.3. The van der Waals surface area contributed by atoms with Gasteiger partial charge in [-0.05, 0) is 76.7 Å². The summed E-state index contributed by atoms with van der Waals surface area (Å²) in [7, 11) is 2.85. The summed E-state index contributed by atoms with van der Waals surface area (Å²) in [5.74, 6) is -3.27. The van der Waals surface area contributed by atoms with Gasteiger partial charge in [0.25, 0.3) is 0 Å². The topological polar surface area (TPSA) is 193 Å². The summed E-state index contributed by atoms with van der Waals surface area (Å²) in [5.41, 5.74) is 2.93. The largest absolute Gasteiger partial charge is 0.496 e. The lowest BCUT2D eigenvalue weighted by molar-refractivity contribution is -0.167. The van der Waals surface area contributed by atoms with E-state index in [-0.39, 0.29) is 100 Å². The average Bonchev–Trinajstić information content (AvgIpc) is 3.97. The van der Waals surface area contributed by atoms with Gasteiger partial charge in [-0.25, -0.2) is 4.79 Å². The first-order chi connectivity index (χ1) is 39.6. The number of hydrogen-bond acceptors (Lipinski definition) is 15. The van der Waals surface area contributed by atoms with E-state index >= 15 is 0 Å². The maximum atomic E-state index is 13.5. The zero-order valence-corrected chi connectivity index (χ0v) is 52.4. The first kappa shape index (κ1) is 73.2. The van der Waals surface area contributed by atoms with E-state index < -0.39 is 35.9 Å². The molecule has 1 aromatic rings. The Morgan fingerprint density at radius 1 is 0.549 bits per heavy atom. The number of unbranched alkanes of at least 4 members (excludes halogenated alkanes) is 24. The van der Waals surface area contributed by atoms with E-state index in [0.29, 0.717) is 54.5 Å². The van der Waals surface area contributed by atoms with Gasteiger partial charge in [-0.2, -0.15) is 0 Å². The van der Waals surface area contributed by atoms with Crippen LogP contribution in [-0.2, 0) is 70.2 Å². The molecule has 1 aromatic carbocycles. The normalized spacial score (nSPS) is 12.8. The summed E-state index contributed by atoms with van der Waals surface area (Å²) in [4.78, 5) is 89.7. The highest BCUT2D eigenvalue weighted by Gasteiger charge is 2.35. The molecule has 0 aliphatic carbocycles. The van der Waals surface area contributed by atoms with Crippen LogP contribution in [0.25, 0.3) is 0 Å². The molecule has 15 nitrogen and oxygen atoms in total. The summed E-state index contributed by atoms with van der Waals surface area (Å²) in [5, 5.41) is 0. The van der Waals surface area contributed by atoms with Crippen molar-refractivity contribution in [3.05, 3.63) is 33.9 Å². The van der Waals surface area contributed by atoms with Crippen molar-refractivity contribution >= 4 is 41.8 Å². The third-order valence-corrected chi connectivity index (χ3v) is 15.6. The van der Waals surface area contributed by atoms with Gasteiger partial charge in [0.15, 0.2) is 11.9 Å². The van der Waals surface area contributed by atoms with E-state index in [9.17, 15) is 33.6 Å². The molecule has 0 aromatic heterocycles. The van der Waals surface area contributed by atoms with Crippen molar-refractivity contribution in [3.8, 4) is 11.5 Å². The fourth-order valence-electron chi connectivity index (χ4n) is 10.3. The molecule has 1 aliphatic heterocycles. The predicted molar refractivity (Wildman–Crippen MR) is 321 cm³/mol. The highest BCUT2D eigenvalue weighted by molar-refractivity contribution is 5.99. The Bertz CT molecular complexity index is 1980. The summed E-state index contributed by atoms with van der Waals surface area (Å²) < 4.78 is 44.3. The van der Waals surface area contributed by atoms with Crippen molar-refractivity contribution in [2.24, 2.45) is 11.8 Å². The second-order valence-corrected chi connectivity index (χ2v) is 23.1. The Morgan fingerprint density at radius 3 is 1.51 bits per heavy atom. The maximum Gasteiger partial charge on any atom is 0.342 e. The van der Waals surface area contributed by atoms with Crippen LogP contribution in [0.4, 0.5) is 0 Å². The second-order valence-electron chi connectivity index (χ2n) is 23.1. The molecule has 0 saturated heterocycles. The maximum absolute atomic E-state index is 13.5. The Morgan fingerprint density at radius 2 is 1.02 bits per heavy atom. The first-order valence-electron chi connectivity index (χ1n) is 32.1. The minimum atomic E-state index is -0.934. The lowest BCUT2D eigenvalue weighted by Crippen LogP contribution is -2.31. The van der Waals surface area contributed by atoms with Gasteiger partial charge in [-0.3, -0.25) is 28.8 Å². The number of hydrogen-bond donors (Lipinski definition) is 0. The van der Waals surface area contributed by atoms with Crippen LogP contribution in [0, 0.1) is 18.8 Å². The summed E-state index contributed by atoms with van der Waals surface area (Å²) in [6.45, 7) is 11.5. The summed E-state index contributed by atoms with van der Waals surface area (Å²) >= 11 is 0. The van der Waals surface area contributed by atoms with Gasteiger partial charge in [0, 0.05) is 43.2 Å². The molecule has 1 aliphatic rings. The van der Waals surface area contributed by atoms with Crippen LogP contribution in [0.3, 0.4) is 0 Å². The number of carbonyl (C=O) groups is 7. The standard InChI is InChI=1S/C67H110O15/c1-9-11-13-15-17-19-21-23-25-27-29-31-33-39-60(70)78-48-55(49-79-61(71)40-34-32-30-28-26-24-22-20-18-16-14-12-10-2)81-62(72)47-52(4)37-35-41-59(69)77-46-36-38-53(5)66(73)82-65-56(44-42-51(3)43-45-58(68)75-7)64(76-8)54(6)57-50-80-67(74)63(57)65/h42,52-53,55H,9-41,43-50H2,1-8H3/b51-42+. The third kappa shape index (κ3) is 33.4. The van der Waals surface area contributed by atoms with E-state index in [0.717, 1.165) is 44.1 Å². The van der Waals surface area contributed by atoms with Crippen LogP contribution in [0.15, 0.2) is 11.6 Å². The molecular formula is C67H110O15. The van der Waals surface area contributed by atoms with Crippen LogP contribution in [0.2, 0.25) is 0 Å². The van der Waals surface area contributed by atoms with E-state index in [4.69, 9.17) is 37.9 Å². The molecule has 2 unspecified atom stereocenters. The Hall–Kier alpha value is -4.95. The molecule has 0 fully saturated rings. The van der Waals surface area contributed by atoms with Crippen molar-refractivity contribution in [3.63, 3.8) is 0 Å². The van der Waals surface area contributed by atoms with Crippen LogP contribution in [-0.4, -0.2) is 81.9 Å². The molecule has 0 bridgehead atoms. The van der Waals surface area contributed by atoms with E-state index in [1.54, 1.807) is 6.92 Å². The van der Waals surface area contributed by atoms with Crippen LogP contribution >= 0.6 is 0 Å². The van der Waals surface area contributed by atoms with E-state index in [1.807, 2.05) is 26.8 Å². The number of methoxy groups -OCH3 is 2. The number of rotatable bonds is 51. The second kappa shape index (κ2) is 46.4. The van der Waals surface area contributed by atoms with Crippen molar-refractivity contribution in [1.29, 1.82) is 0 Å². The number of esters is 7. The third-order valence-electron chi connectivity index (χ3n) is 15.6. The van der Waals surface area contributed by atoms with Gasteiger partial charge >= 0.3 is 41.8 Å². The number of cyclic esters (lactones) is 1. The smallest absolute Gasteiger partial charge is 0.342 e. The zero-order chi connectivity index (χ0) is 60.2. The minimum absolute atomic E-state index is 0.0288. The number of benzene rings is 1. The quantitative estimate of drug-likeness (QED) is 0.0196. The molecule has 2 atom stereocenters. The van der Waals surface area contributed by atoms with Crippen LogP contribution < -0.4 is 9.47 Å². The highest BCUT2D eigenvalue weighted by Crippen LogP contribution is 2.43. The molecule has 15 heteroatoms. The predicted octanol–water partition coefficient (Wildman–Crippen LogP) is 16.1. The Balaban J connectivity index is 1.81. The Kier molecular flexibility index (Phi) is 41.4. The molecule has 2 rings (SSSR count). The van der Waals surface area contributed by atoms with E-state index in [1.165, 1.54) is 143 Å². The van der Waals surface area contributed by atoms with Crippen molar-refractivity contribution < 1.29 is 71.5 Å². The molecule has 0 N–H and O–H groups in total. The van der Waals surface area contributed by atoms with Gasteiger partial charge < -0.3 is 37.9 Å². The summed E-state index contributed by atoms with van der Waals surface area (Å²) in [6, 6.07) is 0. The number of ether oxygens (including phenoxy) is 8. The lowest BCUT2D eigenvalue weighted by atomic mass is 9.94. The average molecular weight is 1160 g/mol. The fraction of sp³-hybridized carbons (Fsp3) is 0.776. The van der Waals surface area contributed by atoms with Crippen molar-refractivity contribution in [2.45, 2.75) is 292 Å². The zero-order valence-electron chi connectivity index (χ0n) is 52.4. The number of allylic oxidation sites excluding steroid dienone is 2. The molecule has 0 radical (unpaired) electrons. The number of carbonyl (C=O) groups excluding carboxylic acids is 7. The highest BCUT2D eigenvalue weighted by atomic mass is 16.6. The van der Waals surface area contributed by atoms with Gasteiger partial charge in [-0.15, -0.1) is 0 Å². The van der Waals surface area contributed by atoms with Gasteiger partial charge in [0.05, 0.1) is 26.7 Å². The summed E-state index contributed by atoms with van der Waals surface area (Å²) in [6.07, 6.45) is 35.8. The minimum Gasteiger partial charge on any atom is -0.496 e.